The van der Waals surface area contributed by atoms with E-state index in [4.69, 9.17) is 5.73 Å². The molecule has 0 aromatic heterocycles. The van der Waals surface area contributed by atoms with Crippen LogP contribution in [0.15, 0.2) is 28.7 Å². The van der Waals surface area contributed by atoms with Crippen LogP contribution in [0.2, 0.25) is 0 Å². The van der Waals surface area contributed by atoms with E-state index in [2.05, 4.69) is 34.8 Å². The predicted molar refractivity (Wildman–Crippen MR) is 93.6 cm³/mol. The zero-order valence-electron chi connectivity index (χ0n) is 13.8. The van der Waals surface area contributed by atoms with Crippen molar-refractivity contribution in [2.45, 2.75) is 44.3 Å². The molecule has 1 aliphatic heterocycles. The van der Waals surface area contributed by atoms with Gasteiger partial charge < -0.3 is 15.5 Å². The molecule has 1 fully saturated rings. The molecule has 2 rings (SSSR count). The van der Waals surface area contributed by atoms with E-state index < -0.39 is 5.54 Å². The highest BCUT2D eigenvalue weighted by Gasteiger charge is 2.37. The quantitative estimate of drug-likeness (QED) is 0.892. The fourth-order valence-corrected chi connectivity index (χ4v) is 3.33. The Labute approximate surface area is 141 Å². The van der Waals surface area contributed by atoms with Gasteiger partial charge in [-0.2, -0.15) is 0 Å². The van der Waals surface area contributed by atoms with Crippen molar-refractivity contribution < 1.29 is 4.79 Å². The van der Waals surface area contributed by atoms with Gasteiger partial charge in [0, 0.05) is 30.1 Å². The topological polar surface area (TPSA) is 49.6 Å². The third-order valence-electron chi connectivity index (χ3n) is 4.94. The smallest absolute Gasteiger partial charge is 0.246 e. The number of carbonyl (C=O) groups is 1. The highest BCUT2D eigenvalue weighted by atomic mass is 79.9. The summed E-state index contributed by atoms with van der Waals surface area (Å²) >= 11 is 3.41. The second-order valence-corrected chi connectivity index (χ2v) is 7.55. The summed E-state index contributed by atoms with van der Waals surface area (Å²) in [5.41, 5.74) is 6.23. The van der Waals surface area contributed by atoms with Gasteiger partial charge >= 0.3 is 0 Å². The lowest BCUT2D eigenvalue weighted by Gasteiger charge is -2.41. The van der Waals surface area contributed by atoms with Crippen molar-refractivity contribution in [1.82, 2.24) is 9.80 Å². The number of likely N-dealkylation sites (tertiary alicyclic amines) is 1. The van der Waals surface area contributed by atoms with Crippen LogP contribution in [0.1, 0.15) is 32.3 Å². The van der Waals surface area contributed by atoms with E-state index in [1.165, 1.54) is 0 Å². The van der Waals surface area contributed by atoms with Gasteiger partial charge in [-0.3, -0.25) is 4.79 Å². The first-order valence-corrected chi connectivity index (χ1v) is 8.55. The van der Waals surface area contributed by atoms with Crippen molar-refractivity contribution >= 4 is 21.8 Å². The van der Waals surface area contributed by atoms with Crippen molar-refractivity contribution in [1.29, 1.82) is 0 Å². The molecule has 0 bridgehead atoms. The molecule has 2 N–H and O–H groups in total. The van der Waals surface area contributed by atoms with Gasteiger partial charge in [-0.15, -0.1) is 0 Å². The average Bonchev–Trinajstić information content (AvgIpc) is 2.49. The molecule has 1 saturated heterocycles. The van der Waals surface area contributed by atoms with Gasteiger partial charge in [0.15, 0.2) is 0 Å². The van der Waals surface area contributed by atoms with E-state index in [-0.39, 0.29) is 11.9 Å². The Balaban J connectivity index is 2.13. The van der Waals surface area contributed by atoms with Crippen LogP contribution >= 0.6 is 15.9 Å². The van der Waals surface area contributed by atoms with Crippen LogP contribution in [0, 0.1) is 0 Å². The Kier molecular flexibility index (Phi) is 5.30. The van der Waals surface area contributed by atoms with Gasteiger partial charge in [0.1, 0.15) is 5.54 Å². The molecule has 1 heterocycles. The number of hydrogen-bond acceptors (Lipinski definition) is 3. The molecule has 5 heteroatoms. The maximum atomic E-state index is 12.9. The van der Waals surface area contributed by atoms with Gasteiger partial charge in [0.05, 0.1) is 0 Å². The number of carbonyl (C=O) groups excluding carboxylic acids is 1. The average molecular weight is 368 g/mol. The fraction of sp³-hybridized carbons (Fsp3) is 0.588. The van der Waals surface area contributed by atoms with Gasteiger partial charge in [0.2, 0.25) is 5.91 Å². The molecule has 4 nitrogen and oxygen atoms in total. The lowest BCUT2D eigenvalue weighted by Crippen LogP contribution is -2.55. The predicted octanol–water partition coefficient (Wildman–Crippen LogP) is 2.56. The van der Waals surface area contributed by atoms with Crippen LogP contribution in [-0.4, -0.2) is 48.4 Å². The molecule has 3 atom stereocenters. The lowest BCUT2D eigenvalue weighted by atomic mass is 9.89. The zero-order chi connectivity index (χ0) is 16.5. The molecule has 1 aromatic carbocycles. The first-order chi connectivity index (χ1) is 10.2. The molecular formula is C17H26BrN3O. The van der Waals surface area contributed by atoms with Gasteiger partial charge in [-0.1, -0.05) is 28.1 Å². The number of rotatable bonds is 3. The first-order valence-electron chi connectivity index (χ1n) is 7.76. The van der Waals surface area contributed by atoms with Gasteiger partial charge in [-0.25, -0.2) is 0 Å². The van der Waals surface area contributed by atoms with Crippen molar-refractivity contribution in [3.05, 3.63) is 34.3 Å². The largest absolute Gasteiger partial charge is 0.341 e. The third kappa shape index (κ3) is 3.53. The summed E-state index contributed by atoms with van der Waals surface area (Å²) in [6, 6.07) is 8.42. The summed E-state index contributed by atoms with van der Waals surface area (Å²) in [6.07, 6.45) is 1.99. The van der Waals surface area contributed by atoms with Gasteiger partial charge in [-0.05, 0) is 51.4 Å². The van der Waals surface area contributed by atoms with Crippen LogP contribution in [-0.2, 0) is 10.3 Å². The Morgan fingerprint density at radius 2 is 2.00 bits per heavy atom. The number of nitrogens with two attached hydrogens (primary N) is 1. The summed E-state index contributed by atoms with van der Waals surface area (Å²) in [4.78, 5) is 17.1. The Morgan fingerprint density at radius 1 is 1.41 bits per heavy atom. The molecular weight excluding hydrogens is 342 g/mol. The SMILES string of the molecule is CC1CC(N(C)C(=O)C(C)(N)c2ccc(Br)cc2)CCN1C. The summed E-state index contributed by atoms with van der Waals surface area (Å²) in [7, 11) is 4.02. The standard InChI is InChI=1S/C17H26BrN3O/c1-12-11-15(9-10-20(12)3)21(4)16(22)17(2,19)13-5-7-14(18)8-6-13/h5-8,12,15H,9-11,19H2,1-4H3. The molecule has 1 aromatic rings. The molecule has 0 radical (unpaired) electrons. The van der Waals surface area contributed by atoms with E-state index >= 15 is 0 Å². The molecule has 22 heavy (non-hydrogen) atoms. The Bertz CT molecular complexity index is 529. The summed E-state index contributed by atoms with van der Waals surface area (Å²) in [5, 5.41) is 0. The summed E-state index contributed by atoms with van der Waals surface area (Å²) in [5.74, 6) is -0.0171. The number of halogens is 1. The van der Waals surface area contributed by atoms with Crippen molar-refractivity contribution in [2.75, 3.05) is 20.6 Å². The highest BCUT2D eigenvalue weighted by Crippen LogP contribution is 2.26. The molecule has 1 aliphatic rings. The highest BCUT2D eigenvalue weighted by molar-refractivity contribution is 9.10. The fourth-order valence-electron chi connectivity index (χ4n) is 3.07. The lowest BCUT2D eigenvalue weighted by molar-refractivity contribution is -0.138. The number of nitrogens with zero attached hydrogens (tertiary/aromatic N) is 2. The van der Waals surface area contributed by atoms with E-state index in [9.17, 15) is 4.79 Å². The molecule has 122 valence electrons. The molecule has 0 saturated carbocycles. The molecule has 3 unspecified atom stereocenters. The van der Waals surface area contributed by atoms with E-state index in [0.717, 1.165) is 29.4 Å². The van der Waals surface area contributed by atoms with E-state index in [0.29, 0.717) is 6.04 Å². The van der Waals surface area contributed by atoms with Gasteiger partial charge in [0.25, 0.3) is 0 Å². The number of piperidine rings is 1. The molecule has 0 spiro atoms. The Hall–Kier alpha value is -0.910. The van der Waals surface area contributed by atoms with Crippen molar-refractivity contribution in [3.8, 4) is 0 Å². The van der Waals surface area contributed by atoms with Crippen LogP contribution in [0.25, 0.3) is 0 Å². The summed E-state index contributed by atoms with van der Waals surface area (Å²) < 4.78 is 0.983. The van der Waals surface area contributed by atoms with Crippen LogP contribution in [0.5, 0.6) is 0 Å². The maximum absolute atomic E-state index is 12.9. The molecule has 1 amide bonds. The minimum atomic E-state index is -0.998. The molecule has 0 aliphatic carbocycles. The minimum absolute atomic E-state index is 0.0171. The first kappa shape index (κ1) is 17.4. The normalized spacial score (nSPS) is 25.5. The van der Waals surface area contributed by atoms with E-state index in [1.807, 2.05) is 36.2 Å². The minimum Gasteiger partial charge on any atom is -0.341 e. The van der Waals surface area contributed by atoms with Crippen LogP contribution in [0.3, 0.4) is 0 Å². The number of benzene rings is 1. The van der Waals surface area contributed by atoms with Crippen molar-refractivity contribution in [3.63, 3.8) is 0 Å². The summed E-state index contributed by atoms with van der Waals surface area (Å²) in [6.45, 7) is 5.03. The van der Waals surface area contributed by atoms with Crippen LogP contribution < -0.4 is 5.73 Å². The van der Waals surface area contributed by atoms with Crippen molar-refractivity contribution in [2.24, 2.45) is 5.73 Å². The second kappa shape index (κ2) is 6.69. The van der Waals surface area contributed by atoms with E-state index in [1.54, 1.807) is 6.92 Å². The Morgan fingerprint density at radius 3 is 2.55 bits per heavy atom. The monoisotopic (exact) mass is 367 g/mol. The van der Waals surface area contributed by atoms with Crippen LogP contribution in [0.4, 0.5) is 0 Å². The second-order valence-electron chi connectivity index (χ2n) is 6.63. The third-order valence-corrected chi connectivity index (χ3v) is 5.47. The number of amides is 1. The number of likely N-dealkylation sites (N-methyl/N-ethyl adjacent to an activating group) is 1. The zero-order valence-corrected chi connectivity index (χ0v) is 15.4. The number of hydrogen-bond donors (Lipinski definition) is 1. The maximum Gasteiger partial charge on any atom is 0.246 e.